The summed E-state index contributed by atoms with van der Waals surface area (Å²) >= 11 is 2.95. The Morgan fingerprint density at radius 1 is 1.60 bits per heavy atom. The number of carbonyl (C=O) groups is 1. The van der Waals surface area contributed by atoms with Crippen molar-refractivity contribution < 1.29 is 18.7 Å². The minimum atomic E-state index is -2.92. The molecule has 0 unspecified atom stereocenters. The maximum atomic E-state index is 12.3. The lowest BCUT2D eigenvalue weighted by Crippen LogP contribution is -2.19. The molecule has 2 N–H and O–H groups in total. The van der Waals surface area contributed by atoms with E-state index in [9.17, 15) is 18.4 Å². The molecular weight excluding hydrogens is 276 g/mol. The summed E-state index contributed by atoms with van der Waals surface area (Å²) in [6.45, 7) is 0. The number of H-pyrrole nitrogens is 1. The van der Waals surface area contributed by atoms with Crippen molar-refractivity contribution in [1.82, 2.24) is 4.98 Å². The topological polar surface area (TPSA) is 70.2 Å². The van der Waals surface area contributed by atoms with Gasteiger partial charge in [0, 0.05) is 5.33 Å². The maximum absolute atomic E-state index is 12.3. The Balaban J connectivity index is 3.42. The van der Waals surface area contributed by atoms with Gasteiger partial charge in [-0.15, -0.1) is 0 Å². The molecular formula is C8H6BrF2NO3. The summed E-state index contributed by atoms with van der Waals surface area (Å²) in [6, 6.07) is 0.891. The van der Waals surface area contributed by atoms with E-state index in [1.54, 1.807) is 0 Å². The Morgan fingerprint density at radius 3 is 2.60 bits per heavy atom. The Kier molecular flexibility index (Phi) is 3.57. The standard InChI is InChI=1S/C8H6BrF2NO3/c9-2-3-1-4(6(10)11)7(13)12-5(3)8(14)15/h1,6H,2H2,(H,12,13)(H,14,15). The van der Waals surface area contributed by atoms with Crippen LogP contribution in [0.2, 0.25) is 0 Å². The Hall–Kier alpha value is -1.24. The van der Waals surface area contributed by atoms with Crippen molar-refractivity contribution in [2.24, 2.45) is 0 Å². The number of halogens is 3. The van der Waals surface area contributed by atoms with E-state index in [1.165, 1.54) is 0 Å². The van der Waals surface area contributed by atoms with Gasteiger partial charge in [0.05, 0.1) is 5.56 Å². The lowest BCUT2D eigenvalue weighted by Gasteiger charge is -2.05. The molecule has 0 atom stereocenters. The fraction of sp³-hybridized carbons (Fsp3) is 0.250. The van der Waals surface area contributed by atoms with Crippen LogP contribution in [0.4, 0.5) is 8.78 Å². The van der Waals surface area contributed by atoms with Gasteiger partial charge in [-0.25, -0.2) is 13.6 Å². The van der Waals surface area contributed by atoms with E-state index in [0.717, 1.165) is 6.07 Å². The SMILES string of the molecule is O=C(O)c1[nH]c(=O)c(C(F)F)cc1CBr. The molecule has 0 aromatic carbocycles. The summed E-state index contributed by atoms with van der Waals surface area (Å²) in [4.78, 5) is 23.6. The van der Waals surface area contributed by atoms with Crippen LogP contribution in [0.25, 0.3) is 0 Å². The van der Waals surface area contributed by atoms with Gasteiger partial charge in [0.15, 0.2) is 0 Å². The number of aromatic carboxylic acids is 1. The van der Waals surface area contributed by atoms with E-state index >= 15 is 0 Å². The van der Waals surface area contributed by atoms with Gasteiger partial charge in [-0.3, -0.25) is 4.79 Å². The van der Waals surface area contributed by atoms with E-state index in [4.69, 9.17) is 5.11 Å². The lowest BCUT2D eigenvalue weighted by molar-refractivity contribution is 0.0688. The number of rotatable bonds is 3. The van der Waals surface area contributed by atoms with E-state index in [1.807, 2.05) is 4.98 Å². The van der Waals surface area contributed by atoms with Crippen LogP contribution < -0.4 is 5.56 Å². The lowest BCUT2D eigenvalue weighted by atomic mass is 10.1. The van der Waals surface area contributed by atoms with Crippen LogP contribution in [0, 0.1) is 0 Å². The summed E-state index contributed by atoms with van der Waals surface area (Å²) in [5.74, 6) is -1.36. The number of aromatic amines is 1. The fourth-order valence-electron chi connectivity index (χ4n) is 1.05. The maximum Gasteiger partial charge on any atom is 0.352 e. The molecule has 0 aliphatic heterocycles. The predicted molar refractivity (Wildman–Crippen MR) is 51.6 cm³/mol. The van der Waals surface area contributed by atoms with Gasteiger partial charge in [0.1, 0.15) is 5.69 Å². The van der Waals surface area contributed by atoms with Crippen molar-refractivity contribution >= 4 is 21.9 Å². The molecule has 7 heteroatoms. The Morgan fingerprint density at radius 2 is 2.20 bits per heavy atom. The molecule has 0 spiro atoms. The van der Waals surface area contributed by atoms with Crippen molar-refractivity contribution in [3.05, 3.63) is 33.2 Å². The zero-order valence-corrected chi connectivity index (χ0v) is 8.85. The molecule has 0 radical (unpaired) electrons. The molecule has 0 aliphatic carbocycles. The van der Waals surface area contributed by atoms with Crippen molar-refractivity contribution in [3.63, 3.8) is 0 Å². The summed E-state index contributed by atoms with van der Waals surface area (Å²) in [6.07, 6.45) is -2.92. The summed E-state index contributed by atoms with van der Waals surface area (Å²) in [5, 5.41) is 8.75. The van der Waals surface area contributed by atoms with E-state index in [-0.39, 0.29) is 16.6 Å². The zero-order chi connectivity index (χ0) is 11.6. The number of hydrogen-bond donors (Lipinski definition) is 2. The van der Waals surface area contributed by atoms with Crippen molar-refractivity contribution in [1.29, 1.82) is 0 Å². The van der Waals surface area contributed by atoms with E-state index in [2.05, 4.69) is 15.9 Å². The number of carboxylic acid groups (broad SMARTS) is 1. The van der Waals surface area contributed by atoms with Gasteiger partial charge in [-0.05, 0) is 11.6 Å². The molecule has 0 bridgehead atoms. The fourth-order valence-corrected chi connectivity index (χ4v) is 1.49. The molecule has 1 rings (SSSR count). The van der Waals surface area contributed by atoms with Crippen LogP contribution in [0.3, 0.4) is 0 Å². The molecule has 0 saturated heterocycles. The predicted octanol–water partition coefficient (Wildman–Crippen LogP) is 1.91. The molecule has 0 fully saturated rings. The van der Waals surface area contributed by atoms with Gasteiger partial charge in [0.2, 0.25) is 0 Å². The first kappa shape index (κ1) is 11.8. The minimum Gasteiger partial charge on any atom is -0.477 e. The smallest absolute Gasteiger partial charge is 0.352 e. The van der Waals surface area contributed by atoms with Crippen molar-refractivity contribution in [2.75, 3.05) is 0 Å². The Bertz CT molecular complexity index is 444. The quantitative estimate of drug-likeness (QED) is 0.832. The minimum absolute atomic E-state index is 0.0745. The van der Waals surface area contributed by atoms with Crippen LogP contribution in [0.15, 0.2) is 10.9 Å². The van der Waals surface area contributed by atoms with E-state index < -0.39 is 23.5 Å². The number of hydrogen-bond acceptors (Lipinski definition) is 2. The number of carboxylic acids is 1. The highest BCUT2D eigenvalue weighted by atomic mass is 79.9. The third kappa shape index (κ3) is 2.41. The molecule has 0 saturated carbocycles. The second kappa shape index (κ2) is 4.52. The first-order valence-corrected chi connectivity index (χ1v) is 4.93. The molecule has 0 amide bonds. The van der Waals surface area contributed by atoms with Gasteiger partial charge in [-0.2, -0.15) is 0 Å². The van der Waals surface area contributed by atoms with Crippen molar-refractivity contribution in [3.8, 4) is 0 Å². The Labute approximate surface area is 91.1 Å². The first-order valence-electron chi connectivity index (χ1n) is 3.81. The normalized spacial score (nSPS) is 10.7. The zero-order valence-electron chi connectivity index (χ0n) is 7.26. The highest BCUT2D eigenvalue weighted by Crippen LogP contribution is 2.18. The van der Waals surface area contributed by atoms with Gasteiger partial charge in [-0.1, -0.05) is 15.9 Å². The third-order valence-corrected chi connectivity index (χ3v) is 2.35. The van der Waals surface area contributed by atoms with Gasteiger partial charge >= 0.3 is 5.97 Å². The number of nitrogens with one attached hydrogen (secondary N) is 1. The number of alkyl halides is 3. The largest absolute Gasteiger partial charge is 0.477 e. The molecule has 4 nitrogen and oxygen atoms in total. The molecule has 1 aromatic rings. The second-order valence-corrected chi connectivity index (χ2v) is 3.25. The average molecular weight is 282 g/mol. The monoisotopic (exact) mass is 281 g/mol. The van der Waals surface area contributed by atoms with Crippen LogP contribution in [0.5, 0.6) is 0 Å². The highest BCUT2D eigenvalue weighted by molar-refractivity contribution is 9.08. The summed E-state index contributed by atoms with van der Waals surface area (Å²) in [5.41, 5.74) is -2.07. The van der Waals surface area contributed by atoms with Crippen LogP contribution in [-0.2, 0) is 5.33 Å². The molecule has 0 aliphatic rings. The van der Waals surface area contributed by atoms with Crippen LogP contribution in [0.1, 0.15) is 28.0 Å². The third-order valence-electron chi connectivity index (χ3n) is 1.74. The molecule has 1 heterocycles. The summed E-state index contributed by atoms with van der Waals surface area (Å²) < 4.78 is 24.6. The molecule has 1 aromatic heterocycles. The molecule has 82 valence electrons. The van der Waals surface area contributed by atoms with Crippen LogP contribution in [-0.4, -0.2) is 16.1 Å². The second-order valence-electron chi connectivity index (χ2n) is 2.69. The first-order chi connectivity index (χ1) is 6.97. The van der Waals surface area contributed by atoms with E-state index in [0.29, 0.717) is 0 Å². The van der Waals surface area contributed by atoms with Crippen LogP contribution >= 0.6 is 15.9 Å². The summed E-state index contributed by atoms with van der Waals surface area (Å²) in [7, 11) is 0. The van der Waals surface area contributed by atoms with Crippen molar-refractivity contribution in [2.45, 2.75) is 11.8 Å². The van der Waals surface area contributed by atoms with Gasteiger partial charge < -0.3 is 10.1 Å². The highest BCUT2D eigenvalue weighted by Gasteiger charge is 2.18. The number of aromatic nitrogens is 1. The molecule has 15 heavy (non-hydrogen) atoms. The number of pyridine rings is 1. The average Bonchev–Trinajstić information content (AvgIpc) is 2.16. The van der Waals surface area contributed by atoms with Gasteiger partial charge in [0.25, 0.3) is 12.0 Å².